The Morgan fingerprint density at radius 1 is 1.15 bits per heavy atom. The van der Waals surface area contributed by atoms with Crippen molar-refractivity contribution in [2.24, 2.45) is 34.0 Å². The van der Waals surface area contributed by atoms with Gasteiger partial charge in [-0.1, -0.05) is 32.6 Å². The van der Waals surface area contributed by atoms with E-state index in [4.69, 9.17) is 14.2 Å². The average molecular weight is 555 g/mol. The standard InChI is InChI=1S/C31H35FO8/c1-16-20-10-11-21-29-15-38-31(37,26(36)24(29)28(3,4)14-13-22(29)39-17(2)33)30(21,25(16)35)27(20)40-23(34)12-7-18-5-8-19(32)9-6-18/h5-9,12,20-22,24,26-27,36-37H,1,10-11,13-15H2,2-4H3/b12-7+/t20-,21?,22?,24+,26-,27+,29+,30-,31?/m0/s1. The molecule has 2 spiro atoms. The van der Waals surface area contributed by atoms with Gasteiger partial charge in [0.1, 0.15) is 29.5 Å². The van der Waals surface area contributed by atoms with E-state index in [0.717, 1.165) is 0 Å². The first-order chi connectivity index (χ1) is 18.8. The number of hydrogen-bond acceptors (Lipinski definition) is 8. The van der Waals surface area contributed by atoms with Gasteiger partial charge in [0.15, 0.2) is 5.78 Å². The van der Waals surface area contributed by atoms with E-state index in [2.05, 4.69) is 6.58 Å². The van der Waals surface area contributed by atoms with Gasteiger partial charge in [-0.05, 0) is 66.4 Å². The van der Waals surface area contributed by atoms with Crippen LogP contribution in [0, 0.1) is 39.8 Å². The Bertz CT molecular complexity index is 1320. The number of carbonyl (C=O) groups excluding carboxylic acids is 3. The Balaban J connectivity index is 1.46. The van der Waals surface area contributed by atoms with Gasteiger partial charge in [0, 0.05) is 30.3 Å². The number of aliphatic hydroxyl groups is 2. The fraction of sp³-hybridized carbons (Fsp3) is 0.581. The minimum absolute atomic E-state index is 0.00538. The molecule has 8 nitrogen and oxygen atoms in total. The molecule has 7 rings (SSSR count). The SMILES string of the molecule is C=C1C(=O)[C@@]23C(CC[C@@H]1[C@H]2OC(=O)/C=C/c1ccc(F)cc1)[C@@]12COC3(O)[C@@H](O)[C@@H]1C(C)(C)CCC2OC(C)=O. The van der Waals surface area contributed by atoms with E-state index >= 15 is 0 Å². The molecule has 9 heteroatoms. The Labute approximate surface area is 232 Å². The summed E-state index contributed by atoms with van der Waals surface area (Å²) in [5, 5.41) is 24.3. The maximum atomic E-state index is 14.2. The minimum atomic E-state index is -2.33. The van der Waals surface area contributed by atoms with Crippen molar-refractivity contribution >= 4 is 23.8 Å². The smallest absolute Gasteiger partial charge is 0.331 e. The predicted octanol–water partition coefficient (Wildman–Crippen LogP) is 3.35. The van der Waals surface area contributed by atoms with E-state index in [1.807, 2.05) is 13.8 Å². The topological polar surface area (TPSA) is 119 Å². The summed E-state index contributed by atoms with van der Waals surface area (Å²) in [5.74, 6) is -6.16. The lowest BCUT2D eigenvalue weighted by molar-refractivity contribution is -0.457. The number of rotatable bonds is 4. The van der Waals surface area contributed by atoms with E-state index in [-0.39, 0.29) is 12.2 Å². The molecule has 0 radical (unpaired) electrons. The van der Waals surface area contributed by atoms with Crippen molar-refractivity contribution in [3.63, 3.8) is 0 Å². The summed E-state index contributed by atoms with van der Waals surface area (Å²) in [7, 11) is 0. The van der Waals surface area contributed by atoms with Gasteiger partial charge in [-0.2, -0.15) is 0 Å². The highest BCUT2D eigenvalue weighted by Crippen LogP contribution is 2.77. The van der Waals surface area contributed by atoms with Crippen LogP contribution in [0.25, 0.3) is 6.08 Å². The molecule has 0 amide bonds. The molecule has 40 heavy (non-hydrogen) atoms. The summed E-state index contributed by atoms with van der Waals surface area (Å²) < 4.78 is 31.3. The highest BCUT2D eigenvalue weighted by Gasteiger charge is 2.88. The second-order valence-electron chi connectivity index (χ2n) is 12.8. The number of fused-ring (bicyclic) bond motifs is 2. The molecule has 0 aromatic heterocycles. The first-order valence-corrected chi connectivity index (χ1v) is 13.9. The quantitative estimate of drug-likeness (QED) is 0.430. The number of carbonyl (C=O) groups is 3. The Hall–Kier alpha value is -2.88. The molecule has 4 aliphatic carbocycles. The Morgan fingerprint density at radius 2 is 1.85 bits per heavy atom. The van der Waals surface area contributed by atoms with Crippen molar-refractivity contribution in [2.45, 2.75) is 70.6 Å². The van der Waals surface area contributed by atoms with Gasteiger partial charge in [-0.15, -0.1) is 0 Å². The van der Waals surface area contributed by atoms with Gasteiger partial charge in [-0.3, -0.25) is 9.59 Å². The van der Waals surface area contributed by atoms with Crippen molar-refractivity contribution in [2.75, 3.05) is 6.61 Å². The molecular weight excluding hydrogens is 519 g/mol. The largest absolute Gasteiger partial charge is 0.462 e. The molecular formula is C31H35FO8. The van der Waals surface area contributed by atoms with Gasteiger partial charge in [0.05, 0.1) is 6.61 Å². The van der Waals surface area contributed by atoms with Gasteiger partial charge < -0.3 is 24.4 Å². The van der Waals surface area contributed by atoms with Crippen LogP contribution >= 0.6 is 0 Å². The number of esters is 2. The van der Waals surface area contributed by atoms with Gasteiger partial charge in [0.2, 0.25) is 5.79 Å². The van der Waals surface area contributed by atoms with Crippen LogP contribution in [-0.2, 0) is 28.6 Å². The molecule has 214 valence electrons. The molecule has 2 saturated heterocycles. The predicted molar refractivity (Wildman–Crippen MR) is 140 cm³/mol. The van der Waals surface area contributed by atoms with Gasteiger partial charge in [0.25, 0.3) is 0 Å². The third-order valence-electron chi connectivity index (χ3n) is 10.7. The zero-order valence-electron chi connectivity index (χ0n) is 22.9. The summed E-state index contributed by atoms with van der Waals surface area (Å²) >= 11 is 0. The van der Waals surface area contributed by atoms with Crippen LogP contribution in [0.15, 0.2) is 42.5 Å². The number of ketones is 1. The van der Waals surface area contributed by atoms with Crippen LogP contribution in [-0.4, -0.2) is 58.6 Å². The van der Waals surface area contributed by atoms with Crippen LogP contribution in [0.2, 0.25) is 0 Å². The van der Waals surface area contributed by atoms with E-state index < -0.39 is 81.6 Å². The molecule has 1 aromatic carbocycles. The molecule has 2 N–H and O–H groups in total. The fourth-order valence-corrected chi connectivity index (χ4v) is 9.29. The number of Topliss-reactive ketones (excluding diaryl/α,β-unsaturated/α-hetero) is 1. The maximum absolute atomic E-state index is 14.2. The second-order valence-corrected chi connectivity index (χ2v) is 12.8. The molecule has 6 aliphatic rings. The molecule has 9 atom stereocenters. The summed E-state index contributed by atoms with van der Waals surface area (Å²) in [4.78, 5) is 39.7. The molecule has 4 saturated carbocycles. The molecule has 2 heterocycles. The molecule has 2 aliphatic heterocycles. The van der Waals surface area contributed by atoms with Crippen molar-refractivity contribution < 1.29 is 43.2 Å². The zero-order valence-corrected chi connectivity index (χ0v) is 22.9. The molecule has 4 bridgehead atoms. The lowest BCUT2D eigenvalue weighted by Crippen LogP contribution is -2.86. The summed E-state index contributed by atoms with van der Waals surface area (Å²) in [6, 6.07) is 5.56. The summed E-state index contributed by atoms with van der Waals surface area (Å²) in [6.07, 6.45) is 1.47. The maximum Gasteiger partial charge on any atom is 0.331 e. The van der Waals surface area contributed by atoms with Crippen LogP contribution in [0.3, 0.4) is 0 Å². The Kier molecular flexibility index (Phi) is 6.01. The summed E-state index contributed by atoms with van der Waals surface area (Å²) in [6.45, 7) is 9.39. The molecule has 3 unspecified atom stereocenters. The highest BCUT2D eigenvalue weighted by molar-refractivity contribution is 6.05. The number of halogens is 1. The normalized spacial score (nSPS) is 42.9. The molecule has 6 fully saturated rings. The van der Waals surface area contributed by atoms with Crippen LogP contribution in [0.5, 0.6) is 0 Å². The first-order valence-electron chi connectivity index (χ1n) is 13.9. The summed E-state index contributed by atoms with van der Waals surface area (Å²) in [5.41, 5.74) is -2.46. The minimum Gasteiger partial charge on any atom is -0.462 e. The van der Waals surface area contributed by atoms with Crippen LogP contribution in [0.4, 0.5) is 4.39 Å². The number of ether oxygens (including phenoxy) is 3. The van der Waals surface area contributed by atoms with Gasteiger partial charge in [-0.25, -0.2) is 9.18 Å². The fourth-order valence-electron chi connectivity index (χ4n) is 9.29. The van der Waals surface area contributed by atoms with E-state index in [0.29, 0.717) is 31.2 Å². The molecule has 1 aromatic rings. The third kappa shape index (κ3) is 3.31. The third-order valence-corrected chi connectivity index (χ3v) is 10.7. The van der Waals surface area contributed by atoms with Crippen molar-refractivity contribution in [1.82, 2.24) is 0 Å². The first kappa shape index (κ1) is 27.3. The average Bonchev–Trinajstić information content (AvgIpc) is 3.00. The van der Waals surface area contributed by atoms with Crippen molar-refractivity contribution in [3.05, 3.63) is 53.9 Å². The van der Waals surface area contributed by atoms with E-state index in [9.17, 15) is 29.0 Å². The van der Waals surface area contributed by atoms with E-state index in [1.54, 1.807) is 0 Å². The number of hydrogen-bond donors (Lipinski definition) is 2. The lowest BCUT2D eigenvalue weighted by Gasteiger charge is -2.74. The van der Waals surface area contributed by atoms with Crippen LogP contribution in [0.1, 0.15) is 52.0 Å². The second kappa shape index (κ2) is 8.81. The highest BCUT2D eigenvalue weighted by atomic mass is 19.1. The van der Waals surface area contributed by atoms with Crippen LogP contribution < -0.4 is 0 Å². The monoisotopic (exact) mass is 554 g/mol. The van der Waals surface area contributed by atoms with Gasteiger partial charge >= 0.3 is 11.9 Å². The van der Waals surface area contributed by atoms with E-state index in [1.165, 1.54) is 43.3 Å². The Morgan fingerprint density at radius 3 is 2.52 bits per heavy atom. The van der Waals surface area contributed by atoms with Crippen molar-refractivity contribution in [1.29, 1.82) is 0 Å². The van der Waals surface area contributed by atoms with Crippen molar-refractivity contribution in [3.8, 4) is 0 Å². The number of benzene rings is 1. The number of aliphatic hydroxyl groups excluding tert-OH is 1. The lowest BCUT2D eigenvalue weighted by atomic mass is 9.35. The zero-order chi connectivity index (χ0) is 28.8.